The van der Waals surface area contributed by atoms with Crippen LogP contribution in [0.3, 0.4) is 0 Å². The van der Waals surface area contributed by atoms with Crippen molar-refractivity contribution < 1.29 is 9.53 Å². The van der Waals surface area contributed by atoms with Gasteiger partial charge in [-0.05, 0) is 31.6 Å². The predicted octanol–water partition coefficient (Wildman–Crippen LogP) is 2.40. The molecule has 1 heterocycles. The average Bonchev–Trinajstić information content (AvgIpc) is 3.12. The van der Waals surface area contributed by atoms with E-state index < -0.39 is 0 Å². The summed E-state index contributed by atoms with van der Waals surface area (Å²) in [6, 6.07) is 0.288. The van der Waals surface area contributed by atoms with Crippen LogP contribution in [0.25, 0.3) is 0 Å². The summed E-state index contributed by atoms with van der Waals surface area (Å²) in [6.45, 7) is 8.31. The molecule has 1 aliphatic carbocycles. The van der Waals surface area contributed by atoms with Gasteiger partial charge in [-0.2, -0.15) is 0 Å². The first-order valence-corrected chi connectivity index (χ1v) is 10.4. The molecule has 1 saturated carbocycles. The Morgan fingerprint density at radius 3 is 2.65 bits per heavy atom. The zero-order chi connectivity index (χ0) is 18.8. The third-order valence-corrected chi connectivity index (χ3v) is 5.40. The van der Waals surface area contributed by atoms with E-state index in [0.717, 1.165) is 57.9 Å². The minimum absolute atomic E-state index is 0.267. The third kappa shape index (κ3) is 7.14. The van der Waals surface area contributed by atoms with Gasteiger partial charge in [0, 0.05) is 45.2 Å². The molecule has 26 heavy (non-hydrogen) atoms. The van der Waals surface area contributed by atoms with E-state index in [1.165, 1.54) is 19.3 Å². The van der Waals surface area contributed by atoms with Crippen molar-refractivity contribution >= 4 is 11.9 Å². The molecule has 0 radical (unpaired) electrons. The van der Waals surface area contributed by atoms with Crippen LogP contribution in [0.1, 0.15) is 58.8 Å². The smallest absolute Gasteiger partial charge is 0.225 e. The summed E-state index contributed by atoms with van der Waals surface area (Å²) in [7, 11) is 1.79. The summed E-state index contributed by atoms with van der Waals surface area (Å²) in [4.78, 5) is 19.0. The first kappa shape index (κ1) is 21.0. The molecule has 2 N–H and O–H groups in total. The third-order valence-electron chi connectivity index (χ3n) is 5.40. The van der Waals surface area contributed by atoms with Crippen LogP contribution < -0.4 is 10.6 Å². The largest absolute Gasteiger partial charge is 0.380 e. The molecule has 0 aromatic rings. The Hall–Kier alpha value is -1.30. The SMILES string of the molecule is CN=C(NCCOCCC(C)C)NC1CCN(C(=O)C2CCCCC2)C1. The molecule has 0 spiro atoms. The average molecular weight is 367 g/mol. The second-order valence-electron chi connectivity index (χ2n) is 8.04. The number of ether oxygens (including phenoxy) is 1. The van der Waals surface area contributed by atoms with Crippen LogP contribution in [0.2, 0.25) is 0 Å². The molecule has 1 atom stereocenters. The highest BCUT2D eigenvalue weighted by Crippen LogP contribution is 2.26. The lowest BCUT2D eigenvalue weighted by molar-refractivity contribution is -0.135. The van der Waals surface area contributed by atoms with Crippen molar-refractivity contribution in [3.8, 4) is 0 Å². The van der Waals surface area contributed by atoms with Crippen molar-refractivity contribution in [1.29, 1.82) is 0 Å². The lowest BCUT2D eigenvalue weighted by atomic mass is 9.88. The van der Waals surface area contributed by atoms with Gasteiger partial charge in [0.25, 0.3) is 0 Å². The molecule has 2 aliphatic rings. The van der Waals surface area contributed by atoms with E-state index in [1.807, 2.05) is 0 Å². The van der Waals surface area contributed by atoms with Gasteiger partial charge in [-0.3, -0.25) is 9.79 Å². The molecule has 1 amide bonds. The van der Waals surface area contributed by atoms with Gasteiger partial charge in [0.1, 0.15) is 0 Å². The highest BCUT2D eigenvalue weighted by molar-refractivity contribution is 5.81. The van der Waals surface area contributed by atoms with E-state index in [-0.39, 0.29) is 12.0 Å². The van der Waals surface area contributed by atoms with Crippen LogP contribution in [0.15, 0.2) is 4.99 Å². The van der Waals surface area contributed by atoms with Gasteiger partial charge in [-0.15, -0.1) is 0 Å². The normalized spacial score (nSPS) is 22.1. The molecule has 1 unspecified atom stereocenters. The molecule has 6 heteroatoms. The van der Waals surface area contributed by atoms with Gasteiger partial charge in [0.05, 0.1) is 6.61 Å². The lowest BCUT2D eigenvalue weighted by Crippen LogP contribution is -2.46. The Labute approximate surface area is 159 Å². The van der Waals surface area contributed by atoms with Crippen molar-refractivity contribution in [2.24, 2.45) is 16.8 Å². The first-order chi connectivity index (χ1) is 12.6. The van der Waals surface area contributed by atoms with Gasteiger partial charge in [0.2, 0.25) is 5.91 Å². The minimum Gasteiger partial charge on any atom is -0.380 e. The number of aliphatic imine (C=N–C) groups is 1. The number of likely N-dealkylation sites (tertiary alicyclic amines) is 1. The standard InChI is InChI=1S/C20H38N4O2/c1-16(2)10-13-26-14-11-22-20(21-3)23-18-9-12-24(15-18)19(25)17-7-5-4-6-8-17/h16-18H,4-15H2,1-3H3,(H2,21,22,23). The van der Waals surface area contributed by atoms with Gasteiger partial charge in [-0.25, -0.2) is 0 Å². The summed E-state index contributed by atoms with van der Waals surface area (Å²) in [5.41, 5.74) is 0. The van der Waals surface area contributed by atoms with Gasteiger partial charge < -0.3 is 20.3 Å². The fourth-order valence-electron chi connectivity index (χ4n) is 3.74. The molecule has 1 saturated heterocycles. The molecule has 0 aromatic heterocycles. The summed E-state index contributed by atoms with van der Waals surface area (Å²) in [5.74, 6) is 2.12. The van der Waals surface area contributed by atoms with Crippen LogP contribution in [-0.2, 0) is 9.53 Å². The fourth-order valence-corrected chi connectivity index (χ4v) is 3.74. The van der Waals surface area contributed by atoms with E-state index in [9.17, 15) is 4.79 Å². The number of carbonyl (C=O) groups excluding carboxylic acids is 1. The number of guanidine groups is 1. The van der Waals surface area contributed by atoms with E-state index >= 15 is 0 Å². The van der Waals surface area contributed by atoms with Gasteiger partial charge >= 0.3 is 0 Å². The first-order valence-electron chi connectivity index (χ1n) is 10.4. The van der Waals surface area contributed by atoms with Crippen LogP contribution in [-0.4, -0.2) is 62.7 Å². The second-order valence-corrected chi connectivity index (χ2v) is 8.04. The molecule has 2 fully saturated rings. The maximum atomic E-state index is 12.7. The summed E-state index contributed by atoms with van der Waals surface area (Å²) >= 11 is 0. The number of nitrogens with one attached hydrogen (secondary N) is 2. The monoisotopic (exact) mass is 366 g/mol. The molecule has 1 aliphatic heterocycles. The van der Waals surface area contributed by atoms with E-state index in [1.54, 1.807) is 7.05 Å². The van der Waals surface area contributed by atoms with Crippen LogP contribution in [0, 0.1) is 11.8 Å². The number of amides is 1. The summed E-state index contributed by atoms with van der Waals surface area (Å²) in [6.07, 6.45) is 7.95. The summed E-state index contributed by atoms with van der Waals surface area (Å²) in [5, 5.41) is 6.75. The van der Waals surface area contributed by atoms with Gasteiger partial charge in [0.15, 0.2) is 5.96 Å². The van der Waals surface area contributed by atoms with E-state index in [4.69, 9.17) is 4.74 Å². The van der Waals surface area contributed by atoms with E-state index in [0.29, 0.717) is 18.4 Å². The number of hydrogen-bond donors (Lipinski definition) is 2. The Balaban J connectivity index is 1.63. The zero-order valence-electron chi connectivity index (χ0n) is 16.9. The highest BCUT2D eigenvalue weighted by Gasteiger charge is 2.31. The van der Waals surface area contributed by atoms with Crippen LogP contribution in [0.5, 0.6) is 0 Å². The number of hydrogen-bond acceptors (Lipinski definition) is 3. The Bertz CT molecular complexity index is 447. The topological polar surface area (TPSA) is 66.0 Å². The van der Waals surface area contributed by atoms with Crippen molar-refractivity contribution in [3.63, 3.8) is 0 Å². The second kappa shape index (κ2) is 11.4. The fraction of sp³-hybridized carbons (Fsp3) is 0.900. The maximum Gasteiger partial charge on any atom is 0.225 e. The van der Waals surface area contributed by atoms with Crippen molar-refractivity contribution in [2.75, 3.05) is 39.9 Å². The van der Waals surface area contributed by atoms with E-state index in [2.05, 4.69) is 34.4 Å². The molecule has 2 rings (SSSR count). The van der Waals surface area contributed by atoms with Crippen LogP contribution >= 0.6 is 0 Å². The molecule has 150 valence electrons. The van der Waals surface area contributed by atoms with Crippen molar-refractivity contribution in [3.05, 3.63) is 0 Å². The lowest BCUT2D eigenvalue weighted by Gasteiger charge is -2.26. The van der Waals surface area contributed by atoms with Gasteiger partial charge in [-0.1, -0.05) is 33.1 Å². The molecule has 6 nitrogen and oxygen atoms in total. The number of nitrogens with zero attached hydrogens (tertiary/aromatic N) is 2. The Morgan fingerprint density at radius 2 is 1.96 bits per heavy atom. The van der Waals surface area contributed by atoms with Crippen LogP contribution in [0.4, 0.5) is 0 Å². The van der Waals surface area contributed by atoms with Crippen molar-refractivity contribution in [1.82, 2.24) is 15.5 Å². The quantitative estimate of drug-likeness (QED) is 0.393. The zero-order valence-corrected chi connectivity index (χ0v) is 16.9. The summed E-state index contributed by atoms with van der Waals surface area (Å²) < 4.78 is 5.63. The number of rotatable bonds is 8. The molecular weight excluding hydrogens is 328 g/mol. The minimum atomic E-state index is 0.267. The number of carbonyl (C=O) groups is 1. The molecular formula is C20H38N4O2. The highest BCUT2D eigenvalue weighted by atomic mass is 16.5. The Kier molecular flexibility index (Phi) is 9.23. The predicted molar refractivity (Wildman–Crippen MR) is 106 cm³/mol. The molecule has 0 aromatic carbocycles. The molecule has 0 bridgehead atoms. The maximum absolute atomic E-state index is 12.7. The van der Waals surface area contributed by atoms with Crippen molar-refractivity contribution in [2.45, 2.75) is 64.8 Å². The Morgan fingerprint density at radius 1 is 1.19 bits per heavy atom.